The fourth-order valence-electron chi connectivity index (χ4n) is 2.70. The Hall–Kier alpha value is -1.10. The molecule has 2 rings (SSSR count). The lowest BCUT2D eigenvalue weighted by atomic mass is 9.87. The van der Waals surface area contributed by atoms with Crippen LogP contribution in [0.15, 0.2) is 24.3 Å². The minimum atomic E-state index is -0.0848. The number of aliphatic hydroxyl groups excluding tert-OH is 1. The fourth-order valence-corrected chi connectivity index (χ4v) is 2.82. The Morgan fingerprint density at radius 3 is 2.50 bits per heavy atom. The number of nitrogens with one attached hydrogen (secondary N) is 2. The van der Waals surface area contributed by atoms with Crippen LogP contribution < -0.4 is 10.6 Å². The SMILES string of the molecule is O=C(CNCC1(CO)CCCC1)Nc1ccc(Cl)cc1. The Morgan fingerprint density at radius 2 is 1.90 bits per heavy atom. The van der Waals surface area contributed by atoms with E-state index in [1.807, 2.05) is 0 Å². The molecule has 0 heterocycles. The Balaban J connectivity index is 1.73. The van der Waals surface area contributed by atoms with Gasteiger partial charge in [-0.05, 0) is 37.1 Å². The Labute approximate surface area is 124 Å². The molecule has 4 nitrogen and oxygen atoms in total. The number of hydrogen-bond donors (Lipinski definition) is 3. The van der Waals surface area contributed by atoms with Crippen LogP contribution in [0.25, 0.3) is 0 Å². The van der Waals surface area contributed by atoms with Crippen molar-refractivity contribution in [1.29, 1.82) is 0 Å². The van der Waals surface area contributed by atoms with Gasteiger partial charge in [-0.25, -0.2) is 0 Å². The van der Waals surface area contributed by atoms with Crippen LogP contribution in [0.3, 0.4) is 0 Å². The molecule has 1 aliphatic carbocycles. The summed E-state index contributed by atoms with van der Waals surface area (Å²) >= 11 is 5.79. The second-order valence-corrected chi connectivity index (χ2v) is 5.96. The number of amides is 1. The zero-order valence-electron chi connectivity index (χ0n) is 11.5. The van der Waals surface area contributed by atoms with E-state index < -0.39 is 0 Å². The molecule has 1 aliphatic rings. The molecule has 0 unspecified atom stereocenters. The molecule has 0 spiro atoms. The lowest BCUT2D eigenvalue weighted by Gasteiger charge is -2.26. The lowest BCUT2D eigenvalue weighted by Crippen LogP contribution is -2.38. The highest BCUT2D eigenvalue weighted by Gasteiger charge is 2.32. The van der Waals surface area contributed by atoms with Crippen LogP contribution in [0.1, 0.15) is 25.7 Å². The molecule has 1 saturated carbocycles. The molecule has 110 valence electrons. The van der Waals surface area contributed by atoms with Crippen LogP contribution in [-0.2, 0) is 4.79 Å². The third kappa shape index (κ3) is 4.20. The molecule has 1 aromatic carbocycles. The van der Waals surface area contributed by atoms with Gasteiger partial charge in [-0.15, -0.1) is 0 Å². The summed E-state index contributed by atoms with van der Waals surface area (Å²) in [5.74, 6) is -0.0848. The first-order chi connectivity index (χ1) is 9.63. The zero-order valence-corrected chi connectivity index (χ0v) is 12.2. The van der Waals surface area contributed by atoms with Crippen molar-refractivity contribution in [2.75, 3.05) is 25.0 Å². The number of carbonyl (C=O) groups is 1. The van der Waals surface area contributed by atoms with Crippen LogP contribution in [0.4, 0.5) is 5.69 Å². The first kappa shape index (κ1) is 15.3. The molecule has 20 heavy (non-hydrogen) atoms. The molecular weight excluding hydrogens is 276 g/mol. The van der Waals surface area contributed by atoms with Crippen molar-refractivity contribution < 1.29 is 9.90 Å². The molecule has 0 atom stereocenters. The summed E-state index contributed by atoms with van der Waals surface area (Å²) in [6.45, 7) is 1.14. The second kappa shape index (κ2) is 7.07. The number of halogens is 1. The van der Waals surface area contributed by atoms with Gasteiger partial charge in [-0.3, -0.25) is 4.79 Å². The van der Waals surface area contributed by atoms with Gasteiger partial charge in [0.15, 0.2) is 0 Å². The predicted octanol–water partition coefficient (Wildman–Crippen LogP) is 2.42. The molecule has 3 N–H and O–H groups in total. The molecule has 0 bridgehead atoms. The first-order valence-electron chi connectivity index (χ1n) is 7.01. The van der Waals surface area contributed by atoms with Gasteiger partial charge in [0.05, 0.1) is 6.54 Å². The molecule has 0 aliphatic heterocycles. The minimum Gasteiger partial charge on any atom is -0.396 e. The first-order valence-corrected chi connectivity index (χ1v) is 7.38. The van der Waals surface area contributed by atoms with Crippen LogP contribution in [0.5, 0.6) is 0 Å². The van der Waals surface area contributed by atoms with Crippen molar-refractivity contribution in [3.63, 3.8) is 0 Å². The molecule has 1 fully saturated rings. The molecule has 5 heteroatoms. The third-order valence-corrected chi connectivity index (χ3v) is 4.17. The Bertz CT molecular complexity index is 442. The predicted molar refractivity (Wildman–Crippen MR) is 80.9 cm³/mol. The summed E-state index contributed by atoms with van der Waals surface area (Å²) < 4.78 is 0. The maximum atomic E-state index is 11.8. The Morgan fingerprint density at radius 1 is 1.25 bits per heavy atom. The fraction of sp³-hybridized carbons (Fsp3) is 0.533. The van der Waals surface area contributed by atoms with Crippen molar-refractivity contribution in [2.24, 2.45) is 5.41 Å². The van der Waals surface area contributed by atoms with Gasteiger partial charge >= 0.3 is 0 Å². The summed E-state index contributed by atoms with van der Waals surface area (Å²) in [5.41, 5.74) is 0.708. The van der Waals surface area contributed by atoms with Gasteiger partial charge in [0, 0.05) is 29.3 Å². The van der Waals surface area contributed by atoms with Crippen molar-refractivity contribution in [3.8, 4) is 0 Å². The summed E-state index contributed by atoms with van der Waals surface area (Å²) in [7, 11) is 0. The zero-order chi connectivity index (χ0) is 14.4. The highest BCUT2D eigenvalue weighted by molar-refractivity contribution is 6.30. The standard InChI is InChI=1S/C15H21ClN2O2/c16-12-3-5-13(6-4-12)18-14(20)9-17-10-15(11-19)7-1-2-8-15/h3-6,17,19H,1-2,7-11H2,(H,18,20). The summed E-state index contributed by atoms with van der Waals surface area (Å²) in [4.78, 5) is 11.8. The smallest absolute Gasteiger partial charge is 0.238 e. The number of carbonyl (C=O) groups excluding carboxylic acids is 1. The quantitative estimate of drug-likeness (QED) is 0.755. The highest BCUT2D eigenvalue weighted by atomic mass is 35.5. The molecule has 0 saturated heterocycles. The van der Waals surface area contributed by atoms with E-state index >= 15 is 0 Å². The van der Waals surface area contributed by atoms with Crippen LogP contribution in [0.2, 0.25) is 5.02 Å². The maximum absolute atomic E-state index is 11.8. The monoisotopic (exact) mass is 296 g/mol. The molecular formula is C15H21ClN2O2. The summed E-state index contributed by atoms with van der Waals surface area (Å²) in [5, 5.41) is 16.1. The van der Waals surface area contributed by atoms with Crippen molar-refractivity contribution in [1.82, 2.24) is 5.32 Å². The van der Waals surface area contributed by atoms with Crippen LogP contribution in [-0.4, -0.2) is 30.7 Å². The van der Waals surface area contributed by atoms with E-state index in [-0.39, 0.29) is 24.5 Å². The molecule has 0 aromatic heterocycles. The number of rotatable bonds is 6. The van der Waals surface area contributed by atoms with E-state index in [4.69, 9.17) is 11.6 Å². The van der Waals surface area contributed by atoms with Crippen molar-refractivity contribution in [2.45, 2.75) is 25.7 Å². The van der Waals surface area contributed by atoms with E-state index in [9.17, 15) is 9.90 Å². The van der Waals surface area contributed by atoms with E-state index in [0.717, 1.165) is 18.5 Å². The third-order valence-electron chi connectivity index (χ3n) is 3.91. The van der Waals surface area contributed by atoms with Gasteiger partial charge in [0.2, 0.25) is 5.91 Å². The highest BCUT2D eigenvalue weighted by Crippen LogP contribution is 2.36. The summed E-state index contributed by atoms with van der Waals surface area (Å²) in [6, 6.07) is 7.02. The summed E-state index contributed by atoms with van der Waals surface area (Å²) in [6.07, 6.45) is 4.41. The van der Waals surface area contributed by atoms with Gasteiger partial charge in [0.1, 0.15) is 0 Å². The van der Waals surface area contributed by atoms with Crippen molar-refractivity contribution >= 4 is 23.2 Å². The normalized spacial score (nSPS) is 17.1. The number of hydrogen-bond acceptors (Lipinski definition) is 3. The average molecular weight is 297 g/mol. The number of anilines is 1. The number of benzene rings is 1. The van der Waals surface area contributed by atoms with E-state index in [1.54, 1.807) is 24.3 Å². The average Bonchev–Trinajstić information content (AvgIpc) is 2.91. The van der Waals surface area contributed by atoms with E-state index in [2.05, 4.69) is 10.6 Å². The van der Waals surface area contributed by atoms with Crippen LogP contribution in [0, 0.1) is 5.41 Å². The van der Waals surface area contributed by atoms with Crippen LogP contribution >= 0.6 is 11.6 Å². The van der Waals surface area contributed by atoms with E-state index in [0.29, 0.717) is 11.6 Å². The largest absolute Gasteiger partial charge is 0.396 e. The Kier molecular flexibility index (Phi) is 5.40. The molecule has 0 radical (unpaired) electrons. The van der Waals surface area contributed by atoms with E-state index in [1.165, 1.54) is 12.8 Å². The maximum Gasteiger partial charge on any atom is 0.238 e. The van der Waals surface area contributed by atoms with Gasteiger partial charge in [0.25, 0.3) is 0 Å². The van der Waals surface area contributed by atoms with Gasteiger partial charge in [-0.2, -0.15) is 0 Å². The topological polar surface area (TPSA) is 61.4 Å². The minimum absolute atomic E-state index is 0.0272. The van der Waals surface area contributed by atoms with Gasteiger partial charge < -0.3 is 15.7 Å². The van der Waals surface area contributed by atoms with Gasteiger partial charge in [-0.1, -0.05) is 24.4 Å². The second-order valence-electron chi connectivity index (χ2n) is 5.52. The van der Waals surface area contributed by atoms with Crippen molar-refractivity contribution in [3.05, 3.63) is 29.3 Å². The number of aliphatic hydroxyl groups is 1. The molecule has 1 amide bonds. The lowest BCUT2D eigenvalue weighted by molar-refractivity contribution is -0.115. The molecule has 1 aromatic rings.